The lowest BCUT2D eigenvalue weighted by atomic mass is 9.74. The molecule has 0 bridgehead atoms. The van der Waals surface area contributed by atoms with Gasteiger partial charge in [0.25, 0.3) is 0 Å². The van der Waals surface area contributed by atoms with Crippen molar-refractivity contribution in [2.24, 2.45) is 0 Å². The zero-order valence-electron chi connectivity index (χ0n) is 28.9. The van der Waals surface area contributed by atoms with E-state index >= 15 is 0 Å². The fourth-order valence-electron chi connectivity index (χ4n) is 6.53. The van der Waals surface area contributed by atoms with Crippen LogP contribution in [0.3, 0.4) is 0 Å². The standard InChI is InChI=1S/C22H24ClNO4.C19H15N4.2ClH/c23-19-4-2-1-3-16(19)14-27-17-5-6-20-18(13-17)22(15-28-20)8-11-24(12-9-22)10-7-21(25)26;1-4-10-16(11-5-1)19-20-22(17-12-6-2-7-13-17)23(21-19)18-14-8-3-9-15-18;;/h1-6,13H,7-12,14-15H2,(H,25,26);1-15H;2*1H/q;+1;;/p-1. The number of benzene rings is 5. The third kappa shape index (κ3) is 9.36. The van der Waals surface area contributed by atoms with Gasteiger partial charge >= 0.3 is 11.8 Å². The molecule has 2 aliphatic rings. The van der Waals surface area contributed by atoms with Gasteiger partial charge in [-0.3, -0.25) is 4.79 Å². The molecule has 0 radical (unpaired) electrons. The van der Waals surface area contributed by atoms with Gasteiger partial charge in [0.2, 0.25) is 0 Å². The number of aromatic nitrogens is 4. The molecule has 1 aromatic heterocycles. The van der Waals surface area contributed by atoms with Crippen LogP contribution in [0.2, 0.25) is 5.02 Å². The first-order valence-electron chi connectivity index (χ1n) is 17.1. The van der Waals surface area contributed by atoms with Crippen molar-refractivity contribution in [1.82, 2.24) is 19.9 Å². The van der Waals surface area contributed by atoms with Gasteiger partial charge in [-0.05, 0) is 96.5 Å². The van der Waals surface area contributed by atoms with Gasteiger partial charge in [0.15, 0.2) is 5.69 Å². The molecule has 6 aromatic rings. The monoisotopic (exact) mass is 771 g/mol. The summed E-state index contributed by atoms with van der Waals surface area (Å²) < 4.78 is 12.0. The van der Waals surface area contributed by atoms with E-state index in [-0.39, 0.29) is 36.6 Å². The van der Waals surface area contributed by atoms with E-state index in [1.807, 2.05) is 137 Å². The van der Waals surface area contributed by atoms with E-state index < -0.39 is 5.97 Å². The number of fused-ring (bicyclic) bond motifs is 2. The van der Waals surface area contributed by atoms with E-state index in [4.69, 9.17) is 36.4 Å². The van der Waals surface area contributed by atoms with Crippen molar-refractivity contribution in [3.05, 3.63) is 150 Å². The lowest BCUT2D eigenvalue weighted by Gasteiger charge is -2.38. The van der Waals surface area contributed by atoms with E-state index in [9.17, 15) is 4.79 Å². The third-order valence-corrected chi connectivity index (χ3v) is 9.77. The maximum absolute atomic E-state index is 10.8. The molecule has 9 nitrogen and oxygen atoms in total. The number of hydrogen-bond donors (Lipinski definition) is 1. The Labute approximate surface area is 326 Å². The van der Waals surface area contributed by atoms with Gasteiger partial charge in [0.05, 0.1) is 23.7 Å². The molecule has 1 N–H and O–H groups in total. The van der Waals surface area contributed by atoms with Crippen LogP contribution in [0.5, 0.6) is 11.5 Å². The smallest absolute Gasteiger partial charge is 0.340 e. The van der Waals surface area contributed by atoms with Gasteiger partial charge in [0.1, 0.15) is 23.8 Å². The molecule has 3 heterocycles. The first-order chi connectivity index (χ1) is 25.0. The zero-order chi connectivity index (χ0) is 35.0. The highest BCUT2D eigenvalue weighted by molar-refractivity contribution is 6.31. The molecule has 8 rings (SSSR count). The van der Waals surface area contributed by atoms with E-state index in [0.717, 1.165) is 59.9 Å². The highest BCUT2D eigenvalue weighted by Crippen LogP contribution is 2.47. The van der Waals surface area contributed by atoms with Crippen LogP contribution >= 0.6 is 24.0 Å². The van der Waals surface area contributed by atoms with E-state index in [1.165, 1.54) is 5.56 Å². The largest absolute Gasteiger partial charge is 1.00 e. The molecule has 1 saturated heterocycles. The molecule has 274 valence electrons. The number of rotatable bonds is 9. The van der Waals surface area contributed by atoms with Crippen LogP contribution in [0.1, 0.15) is 30.4 Å². The summed E-state index contributed by atoms with van der Waals surface area (Å²) in [7, 11) is 0. The second kappa shape index (κ2) is 18.2. The fourth-order valence-corrected chi connectivity index (χ4v) is 6.72. The summed E-state index contributed by atoms with van der Waals surface area (Å²) >= 11 is 6.22. The zero-order valence-corrected chi connectivity index (χ0v) is 31.3. The Bertz CT molecular complexity index is 2020. The quantitative estimate of drug-likeness (QED) is 0.212. The van der Waals surface area contributed by atoms with Gasteiger partial charge in [0, 0.05) is 32.9 Å². The second-order valence-electron chi connectivity index (χ2n) is 12.7. The van der Waals surface area contributed by atoms with Gasteiger partial charge in [-0.2, -0.15) is 0 Å². The van der Waals surface area contributed by atoms with Crippen LogP contribution in [0.25, 0.3) is 22.8 Å². The van der Waals surface area contributed by atoms with E-state index in [1.54, 1.807) is 0 Å². The minimum atomic E-state index is -0.741. The van der Waals surface area contributed by atoms with Crippen molar-refractivity contribution in [3.8, 4) is 34.3 Å². The maximum atomic E-state index is 10.8. The van der Waals surface area contributed by atoms with Crippen molar-refractivity contribution >= 4 is 30.0 Å². The number of hydrogen-bond acceptors (Lipinski definition) is 6. The molecule has 1 fully saturated rings. The number of carboxylic acid groups (broad SMARTS) is 1. The number of ether oxygens (including phenoxy) is 2. The first-order valence-corrected chi connectivity index (χ1v) is 17.5. The van der Waals surface area contributed by atoms with Crippen molar-refractivity contribution in [2.75, 3.05) is 26.2 Å². The number of para-hydroxylation sites is 2. The number of tetrazole rings is 1. The second-order valence-corrected chi connectivity index (χ2v) is 13.1. The lowest BCUT2D eigenvalue weighted by molar-refractivity contribution is -0.734. The molecule has 5 aromatic carbocycles. The van der Waals surface area contributed by atoms with Crippen LogP contribution in [0, 0.1) is 0 Å². The summed E-state index contributed by atoms with van der Waals surface area (Å²) in [4.78, 5) is 16.7. The predicted molar refractivity (Wildman–Crippen MR) is 203 cm³/mol. The molecular formula is C41H40Cl3N5O4. The molecular weight excluding hydrogens is 733 g/mol. The van der Waals surface area contributed by atoms with Gasteiger partial charge in [-0.15, -0.1) is 12.4 Å². The summed E-state index contributed by atoms with van der Waals surface area (Å²) in [6.45, 7) is 3.50. The number of carboxylic acids is 1. The number of carbonyl (C=O) groups is 1. The normalized spacial score (nSPS) is 14.1. The average Bonchev–Trinajstić information content (AvgIpc) is 3.78. The highest BCUT2D eigenvalue weighted by atomic mass is 35.5. The maximum Gasteiger partial charge on any atom is 0.340 e. The number of halogens is 3. The molecule has 0 atom stereocenters. The van der Waals surface area contributed by atoms with Crippen LogP contribution < -0.4 is 26.7 Å². The number of aliphatic carboxylic acids is 1. The Kier molecular flexibility index (Phi) is 13.5. The Morgan fingerprint density at radius 1 is 0.868 bits per heavy atom. The molecule has 53 heavy (non-hydrogen) atoms. The molecule has 0 unspecified atom stereocenters. The third-order valence-electron chi connectivity index (χ3n) is 9.40. The van der Waals surface area contributed by atoms with Crippen LogP contribution in [-0.2, 0) is 16.8 Å². The van der Waals surface area contributed by atoms with E-state index in [2.05, 4.69) is 11.0 Å². The Morgan fingerprint density at radius 2 is 1.51 bits per heavy atom. The number of likely N-dealkylation sites (tertiary alicyclic amines) is 1. The van der Waals surface area contributed by atoms with Crippen molar-refractivity contribution in [1.29, 1.82) is 0 Å². The summed E-state index contributed by atoms with van der Waals surface area (Å²) in [6.07, 6.45) is 2.13. The molecule has 0 aliphatic carbocycles. The molecule has 0 saturated carbocycles. The van der Waals surface area contributed by atoms with Crippen molar-refractivity contribution in [3.63, 3.8) is 0 Å². The SMILES string of the molecule is Cl.O=C(O)CCN1CCC2(CC1)COc1ccc(OCc3ccccc3Cl)cc12.[Cl-].c1ccc(-c2nn(-c3ccccc3)[n+](-c3ccccc3)n2)cc1. The van der Waals surface area contributed by atoms with Crippen LogP contribution in [-0.4, -0.2) is 57.2 Å². The number of piperidine rings is 1. The molecule has 1 spiro atoms. The Balaban J connectivity index is 0.000000200. The Hall–Kier alpha value is -4.93. The van der Waals surface area contributed by atoms with Crippen molar-refractivity contribution in [2.45, 2.75) is 31.3 Å². The lowest BCUT2D eigenvalue weighted by Crippen LogP contribution is -3.00. The van der Waals surface area contributed by atoms with Gasteiger partial charge < -0.3 is 31.9 Å². The van der Waals surface area contributed by atoms with E-state index in [0.29, 0.717) is 30.6 Å². The van der Waals surface area contributed by atoms with Crippen LogP contribution in [0.4, 0.5) is 0 Å². The average molecular weight is 773 g/mol. The highest BCUT2D eigenvalue weighted by Gasteiger charge is 2.43. The molecule has 0 amide bonds. The predicted octanol–water partition coefficient (Wildman–Crippen LogP) is 4.76. The Morgan fingerprint density at radius 3 is 2.19 bits per heavy atom. The summed E-state index contributed by atoms with van der Waals surface area (Å²) in [6, 6.07) is 43.8. The minimum Gasteiger partial charge on any atom is -1.00 e. The summed E-state index contributed by atoms with van der Waals surface area (Å²) in [5.41, 5.74) is 5.09. The van der Waals surface area contributed by atoms with Gasteiger partial charge in [-0.1, -0.05) is 84.4 Å². The topological polar surface area (TPSA) is 93.6 Å². The summed E-state index contributed by atoms with van der Waals surface area (Å²) in [5.74, 6) is 1.70. The fraction of sp³-hybridized carbons (Fsp3) is 0.220. The molecule has 12 heteroatoms. The van der Waals surface area contributed by atoms with Crippen molar-refractivity contribution < 1.29 is 36.6 Å². The minimum absolute atomic E-state index is 0. The summed E-state index contributed by atoms with van der Waals surface area (Å²) in [5, 5.41) is 19.0. The molecule has 2 aliphatic heterocycles. The number of nitrogens with zero attached hydrogens (tertiary/aromatic N) is 5. The first kappa shape index (κ1) is 39.3. The van der Waals surface area contributed by atoms with Gasteiger partial charge in [-0.25, -0.2) is 0 Å². The van der Waals surface area contributed by atoms with Crippen LogP contribution in [0.15, 0.2) is 133 Å².